The van der Waals surface area contributed by atoms with Gasteiger partial charge >= 0.3 is 0 Å². The van der Waals surface area contributed by atoms with Crippen LogP contribution < -0.4 is 0 Å². The lowest BCUT2D eigenvalue weighted by molar-refractivity contribution is 0.479. The molecule has 0 amide bonds. The third-order valence-corrected chi connectivity index (χ3v) is 11.2. The minimum absolute atomic E-state index is 0.00323. The van der Waals surface area contributed by atoms with E-state index >= 15 is 0 Å². The van der Waals surface area contributed by atoms with Gasteiger partial charge in [0.2, 0.25) is 0 Å². The predicted octanol–water partition coefficient (Wildman–Crippen LogP) is 12.3. The summed E-state index contributed by atoms with van der Waals surface area (Å²) in [7, 11) is 0. The number of halogens is 1. The molecule has 0 aliphatic carbocycles. The molecule has 0 saturated carbocycles. The fourth-order valence-electron chi connectivity index (χ4n) is 8.06. The zero-order chi connectivity index (χ0) is 32.4. The molecule has 0 atom stereocenters. The van der Waals surface area contributed by atoms with Crippen molar-refractivity contribution in [1.82, 2.24) is 8.80 Å². The molecule has 1 N–H and O–H groups in total. The number of fused-ring (bicyclic) bond motifs is 13. The first-order valence-corrected chi connectivity index (χ1v) is 17.2. The highest BCUT2D eigenvalue weighted by Crippen LogP contribution is 2.51. The van der Waals surface area contributed by atoms with Gasteiger partial charge in [0.15, 0.2) is 0 Å². The zero-order valence-electron chi connectivity index (χ0n) is 28.1. The van der Waals surface area contributed by atoms with Crippen molar-refractivity contribution in [3.8, 4) is 5.75 Å². The Morgan fingerprint density at radius 1 is 0.457 bits per heavy atom. The van der Waals surface area contributed by atoms with Crippen LogP contribution in [0.1, 0.15) is 79.0 Å². The van der Waals surface area contributed by atoms with E-state index in [1.165, 1.54) is 71.1 Å². The Labute approximate surface area is 277 Å². The van der Waals surface area contributed by atoms with Crippen LogP contribution in [-0.4, -0.2) is 13.9 Å². The van der Waals surface area contributed by atoms with Gasteiger partial charge in [0.1, 0.15) is 5.75 Å². The van der Waals surface area contributed by atoms with Crippen LogP contribution in [-0.2, 0) is 16.2 Å². The molecule has 0 saturated heterocycles. The molecule has 230 valence electrons. The van der Waals surface area contributed by atoms with E-state index in [0.29, 0.717) is 5.75 Å². The van der Waals surface area contributed by atoms with Crippen molar-refractivity contribution in [2.24, 2.45) is 0 Å². The third-order valence-electron chi connectivity index (χ3n) is 10.6. The molecule has 3 nitrogen and oxygen atoms in total. The second-order valence-corrected chi connectivity index (χ2v) is 17.5. The summed E-state index contributed by atoms with van der Waals surface area (Å²) < 4.78 is 5.62. The van der Waals surface area contributed by atoms with E-state index in [0.717, 1.165) is 26.3 Å². The quantitative estimate of drug-likeness (QED) is 0.171. The predicted molar refractivity (Wildman–Crippen MR) is 201 cm³/mol. The van der Waals surface area contributed by atoms with Gasteiger partial charge in [-0.1, -0.05) is 74.4 Å². The van der Waals surface area contributed by atoms with Crippen molar-refractivity contribution < 1.29 is 5.11 Å². The normalized spacial score (nSPS) is 14.0. The monoisotopic (exact) mass is 666 g/mol. The number of phenolic OH excluding ortho intramolecular Hbond substituents is 1. The van der Waals surface area contributed by atoms with Crippen molar-refractivity contribution in [3.63, 3.8) is 0 Å². The summed E-state index contributed by atoms with van der Waals surface area (Å²) in [6, 6.07) is 25.5. The summed E-state index contributed by atoms with van der Waals surface area (Å²) in [4.78, 5) is 0. The molecule has 0 bridgehead atoms. The topological polar surface area (TPSA) is 29.1 Å². The van der Waals surface area contributed by atoms with Gasteiger partial charge in [-0.3, -0.25) is 0 Å². The van der Waals surface area contributed by atoms with Crippen LogP contribution in [0.3, 0.4) is 0 Å². The van der Waals surface area contributed by atoms with E-state index in [-0.39, 0.29) is 16.2 Å². The van der Waals surface area contributed by atoms with E-state index in [1.54, 1.807) is 0 Å². The minimum Gasteiger partial charge on any atom is -0.506 e. The molecule has 0 unspecified atom stereocenters. The average molecular weight is 668 g/mol. The van der Waals surface area contributed by atoms with Gasteiger partial charge in [0, 0.05) is 37.7 Å². The fourth-order valence-corrected chi connectivity index (χ4v) is 8.49. The van der Waals surface area contributed by atoms with Crippen molar-refractivity contribution in [3.05, 3.63) is 87.9 Å². The summed E-state index contributed by atoms with van der Waals surface area (Å²) in [5.41, 5.74) is 11.2. The molecular formula is C42H39BrN2O. The van der Waals surface area contributed by atoms with Gasteiger partial charge < -0.3 is 13.9 Å². The summed E-state index contributed by atoms with van der Waals surface area (Å²) in [6.07, 6.45) is 0. The lowest BCUT2D eigenvalue weighted by atomic mass is 9.84. The molecule has 0 radical (unpaired) electrons. The number of hydrogen-bond acceptors (Lipinski definition) is 1. The van der Waals surface area contributed by atoms with E-state index in [1.807, 2.05) is 0 Å². The van der Waals surface area contributed by atoms with Gasteiger partial charge in [-0.05, 0) is 103 Å². The largest absolute Gasteiger partial charge is 0.506 e. The van der Waals surface area contributed by atoms with E-state index in [9.17, 15) is 5.11 Å². The molecule has 0 aliphatic heterocycles. The molecule has 0 spiro atoms. The van der Waals surface area contributed by atoms with E-state index in [4.69, 9.17) is 0 Å². The van der Waals surface area contributed by atoms with Crippen LogP contribution in [0.4, 0.5) is 0 Å². The van der Waals surface area contributed by atoms with Gasteiger partial charge in [0.25, 0.3) is 0 Å². The Bertz CT molecular complexity index is 2750. The van der Waals surface area contributed by atoms with Crippen molar-refractivity contribution >= 4 is 92.1 Å². The number of phenols is 1. The van der Waals surface area contributed by atoms with E-state index < -0.39 is 0 Å². The number of nitrogens with zero attached hydrogens (tertiary/aromatic N) is 2. The molecular weight excluding hydrogens is 628 g/mol. The van der Waals surface area contributed by atoms with E-state index in [2.05, 4.69) is 154 Å². The van der Waals surface area contributed by atoms with Crippen LogP contribution in [0, 0.1) is 0 Å². The molecule has 0 aliphatic rings. The second-order valence-electron chi connectivity index (χ2n) is 16.6. The Balaban J connectivity index is 1.54. The highest BCUT2D eigenvalue weighted by molar-refractivity contribution is 9.10. The molecule has 9 aromatic rings. The SMILES string of the molecule is CC(C)(C)c1ccc2c(c1)c1cc(C(C)(C)C)cc3c4c5c6cc(Br)c(O)c7c8cc(C(C)(C)C)ccc8n(c5ccc4n2c13)c67. The number of aromatic nitrogens is 2. The maximum atomic E-state index is 11.6. The summed E-state index contributed by atoms with van der Waals surface area (Å²) in [5, 5.41) is 21.2. The molecule has 4 heteroatoms. The highest BCUT2D eigenvalue weighted by Gasteiger charge is 2.29. The first kappa shape index (κ1) is 28.2. The van der Waals surface area contributed by atoms with Crippen LogP contribution in [0.5, 0.6) is 5.75 Å². The molecule has 0 fully saturated rings. The molecule has 46 heavy (non-hydrogen) atoms. The maximum Gasteiger partial charge on any atom is 0.139 e. The second kappa shape index (κ2) is 8.46. The lowest BCUT2D eigenvalue weighted by Crippen LogP contribution is -2.11. The molecule has 4 aromatic heterocycles. The lowest BCUT2D eigenvalue weighted by Gasteiger charge is -2.20. The van der Waals surface area contributed by atoms with Gasteiger partial charge in [-0.25, -0.2) is 0 Å². The van der Waals surface area contributed by atoms with Crippen LogP contribution in [0.15, 0.2) is 71.2 Å². The first-order chi connectivity index (χ1) is 21.6. The van der Waals surface area contributed by atoms with Crippen LogP contribution >= 0.6 is 15.9 Å². The minimum atomic E-state index is -0.0114. The first-order valence-electron chi connectivity index (χ1n) is 16.4. The maximum absolute atomic E-state index is 11.6. The average Bonchev–Trinajstić information content (AvgIpc) is 3.68. The van der Waals surface area contributed by atoms with Crippen molar-refractivity contribution in [1.29, 1.82) is 0 Å². The summed E-state index contributed by atoms with van der Waals surface area (Å²) in [6.45, 7) is 20.6. The highest BCUT2D eigenvalue weighted by atomic mass is 79.9. The molecule has 5 aromatic carbocycles. The van der Waals surface area contributed by atoms with Crippen molar-refractivity contribution in [2.75, 3.05) is 0 Å². The van der Waals surface area contributed by atoms with Gasteiger partial charge in [0.05, 0.1) is 43.0 Å². The summed E-state index contributed by atoms with van der Waals surface area (Å²) >= 11 is 3.77. The van der Waals surface area contributed by atoms with Gasteiger partial charge in [-0.15, -0.1) is 0 Å². The van der Waals surface area contributed by atoms with Crippen LogP contribution in [0.2, 0.25) is 0 Å². The number of benzene rings is 5. The standard InChI is InChI=1S/C42H39BrN2O/c1-40(2,3)21-10-12-30-24(16-21)25-18-23(42(7,8)9)19-27-34-32(44(30)37(25)27)14-15-33-35(34)28-20-29(43)39(46)36-26-17-22(41(4,5)6)11-13-31(26)45(33)38(28)36/h10-20,46H,1-9H3. The Hall–Kier alpha value is -4.02. The zero-order valence-corrected chi connectivity index (χ0v) is 29.7. The fraction of sp³-hybridized carbons (Fsp3) is 0.286. The molecule has 4 heterocycles. The number of aromatic hydroxyl groups is 1. The van der Waals surface area contributed by atoms with Crippen molar-refractivity contribution in [2.45, 2.75) is 78.6 Å². The Morgan fingerprint density at radius 3 is 1.46 bits per heavy atom. The number of hydrogen-bond donors (Lipinski definition) is 1. The number of rotatable bonds is 0. The Morgan fingerprint density at radius 2 is 0.891 bits per heavy atom. The molecule has 9 rings (SSSR count). The Kier molecular flexibility index (Phi) is 5.19. The van der Waals surface area contributed by atoms with Gasteiger partial charge in [-0.2, -0.15) is 0 Å². The smallest absolute Gasteiger partial charge is 0.139 e. The third kappa shape index (κ3) is 3.44. The summed E-state index contributed by atoms with van der Waals surface area (Å²) in [5.74, 6) is 0.307. The van der Waals surface area contributed by atoms with Crippen LogP contribution in [0.25, 0.3) is 76.2 Å².